The fourth-order valence-corrected chi connectivity index (χ4v) is 5.22. The Labute approximate surface area is 130 Å². The van der Waals surface area contributed by atoms with Crippen molar-refractivity contribution >= 4 is 27.0 Å². The molecule has 2 aromatic rings. The number of aryl methyl sites for hydroxylation is 1. The van der Waals surface area contributed by atoms with Gasteiger partial charge in [0, 0.05) is 11.4 Å². The Morgan fingerprint density at radius 1 is 1.19 bits per heavy atom. The normalized spacial score (nSPS) is 11.6. The quantitative estimate of drug-likeness (QED) is 0.888. The topological polar surface area (TPSA) is 63.4 Å². The number of nitrogens with zero attached hydrogens (tertiary/aromatic N) is 1. The number of para-hydroxylation sites is 1. The van der Waals surface area contributed by atoms with Crippen molar-refractivity contribution in [1.29, 1.82) is 0 Å². The Bertz CT molecular complexity index is 708. The van der Waals surface area contributed by atoms with Crippen LogP contribution in [0, 0.1) is 6.92 Å². The van der Waals surface area contributed by atoms with Gasteiger partial charge in [-0.3, -0.25) is 4.31 Å². The van der Waals surface area contributed by atoms with E-state index >= 15 is 0 Å². The number of anilines is 1. The van der Waals surface area contributed by atoms with Crippen molar-refractivity contribution in [3.05, 3.63) is 46.8 Å². The molecular weight excluding hydrogens is 304 g/mol. The van der Waals surface area contributed by atoms with Crippen molar-refractivity contribution in [2.24, 2.45) is 5.73 Å². The molecule has 0 amide bonds. The molecule has 0 aliphatic heterocycles. The molecule has 6 heteroatoms. The van der Waals surface area contributed by atoms with Crippen LogP contribution in [0.15, 0.2) is 40.6 Å². The van der Waals surface area contributed by atoms with E-state index < -0.39 is 10.0 Å². The molecule has 0 unspecified atom stereocenters. The lowest BCUT2D eigenvalue weighted by molar-refractivity contribution is 0.594. The second-order valence-electron chi connectivity index (χ2n) is 4.72. The molecule has 0 saturated heterocycles. The smallest absolute Gasteiger partial charge is 0.273 e. The van der Waals surface area contributed by atoms with Crippen LogP contribution in [0.25, 0.3) is 0 Å². The number of sulfonamides is 1. The minimum atomic E-state index is -3.51. The lowest BCUT2D eigenvalue weighted by Crippen LogP contribution is -2.30. The highest BCUT2D eigenvalue weighted by Crippen LogP contribution is 2.30. The molecule has 2 rings (SSSR count). The van der Waals surface area contributed by atoms with Crippen LogP contribution in [0.2, 0.25) is 0 Å². The fraction of sp³-hybridized carbons (Fsp3) is 0.333. The molecule has 1 aromatic carbocycles. The zero-order valence-electron chi connectivity index (χ0n) is 12.2. The highest BCUT2D eigenvalue weighted by atomic mass is 32.2. The van der Waals surface area contributed by atoms with Gasteiger partial charge in [0.25, 0.3) is 10.0 Å². The third-order valence-electron chi connectivity index (χ3n) is 3.24. The Morgan fingerprint density at radius 3 is 2.52 bits per heavy atom. The average molecular weight is 324 g/mol. The molecule has 0 saturated carbocycles. The number of nitrogens with two attached hydrogens (primary N) is 1. The van der Waals surface area contributed by atoms with Crippen molar-refractivity contribution in [3.63, 3.8) is 0 Å². The zero-order valence-corrected chi connectivity index (χ0v) is 13.9. The maximum atomic E-state index is 12.8. The molecule has 0 radical (unpaired) electrons. The zero-order chi connectivity index (χ0) is 15.5. The molecule has 4 nitrogen and oxygen atoms in total. The van der Waals surface area contributed by atoms with Crippen LogP contribution < -0.4 is 10.0 Å². The van der Waals surface area contributed by atoms with Crippen molar-refractivity contribution in [2.75, 3.05) is 17.4 Å². The van der Waals surface area contributed by atoms with Gasteiger partial charge in [-0.15, -0.1) is 11.3 Å². The van der Waals surface area contributed by atoms with E-state index in [1.54, 1.807) is 6.07 Å². The van der Waals surface area contributed by atoms with E-state index in [1.807, 2.05) is 44.2 Å². The SMILES string of the molecule is CCN(c1ccccc1C)S(=O)(=O)c1ccc(CCN)s1. The van der Waals surface area contributed by atoms with Crippen LogP contribution in [-0.4, -0.2) is 21.5 Å². The summed E-state index contributed by atoms with van der Waals surface area (Å²) in [6.45, 7) is 4.69. The molecule has 1 aromatic heterocycles. The molecule has 114 valence electrons. The number of rotatable bonds is 6. The summed E-state index contributed by atoms with van der Waals surface area (Å²) in [5.74, 6) is 0. The summed E-state index contributed by atoms with van der Waals surface area (Å²) in [5, 5.41) is 0. The molecule has 0 atom stereocenters. The van der Waals surface area contributed by atoms with Gasteiger partial charge in [-0.1, -0.05) is 18.2 Å². The second-order valence-corrected chi connectivity index (χ2v) is 7.97. The molecule has 0 fully saturated rings. The second kappa shape index (κ2) is 6.60. The summed E-state index contributed by atoms with van der Waals surface area (Å²) < 4.78 is 27.5. The lowest BCUT2D eigenvalue weighted by atomic mass is 10.2. The van der Waals surface area contributed by atoms with Gasteiger partial charge in [0.15, 0.2) is 0 Å². The maximum Gasteiger partial charge on any atom is 0.273 e. The van der Waals surface area contributed by atoms with Gasteiger partial charge < -0.3 is 5.73 Å². The van der Waals surface area contributed by atoms with Crippen molar-refractivity contribution in [1.82, 2.24) is 0 Å². The summed E-state index contributed by atoms with van der Waals surface area (Å²) in [7, 11) is -3.51. The lowest BCUT2D eigenvalue weighted by Gasteiger charge is -2.23. The summed E-state index contributed by atoms with van der Waals surface area (Å²) in [5.41, 5.74) is 7.20. The third-order valence-corrected chi connectivity index (χ3v) is 6.74. The Balaban J connectivity index is 2.42. The van der Waals surface area contributed by atoms with Crippen LogP contribution in [0.1, 0.15) is 17.4 Å². The van der Waals surface area contributed by atoms with E-state index in [9.17, 15) is 8.42 Å². The van der Waals surface area contributed by atoms with Gasteiger partial charge in [0.1, 0.15) is 4.21 Å². The summed E-state index contributed by atoms with van der Waals surface area (Å²) in [6, 6.07) is 11.0. The Morgan fingerprint density at radius 2 is 1.90 bits per heavy atom. The van der Waals surface area contributed by atoms with E-state index in [0.29, 0.717) is 23.7 Å². The first kappa shape index (κ1) is 16.0. The molecule has 0 bridgehead atoms. The highest BCUT2D eigenvalue weighted by Gasteiger charge is 2.26. The van der Waals surface area contributed by atoms with E-state index in [0.717, 1.165) is 16.1 Å². The van der Waals surface area contributed by atoms with Gasteiger partial charge >= 0.3 is 0 Å². The van der Waals surface area contributed by atoms with Crippen LogP contribution in [0.4, 0.5) is 5.69 Å². The predicted molar refractivity (Wildman–Crippen MR) is 88.5 cm³/mol. The standard InChI is InChI=1S/C15H20N2O2S2/c1-3-17(14-7-5-4-6-12(14)2)21(18,19)15-9-8-13(20-15)10-11-16/h4-9H,3,10-11,16H2,1-2H3. The molecule has 0 spiro atoms. The third kappa shape index (κ3) is 3.28. The molecule has 0 aliphatic carbocycles. The van der Waals surface area contributed by atoms with Gasteiger partial charge in [-0.25, -0.2) is 8.42 Å². The van der Waals surface area contributed by atoms with Gasteiger partial charge in [0.05, 0.1) is 5.69 Å². The maximum absolute atomic E-state index is 12.8. The molecule has 0 aliphatic rings. The van der Waals surface area contributed by atoms with E-state index in [-0.39, 0.29) is 0 Å². The minimum Gasteiger partial charge on any atom is -0.330 e. The van der Waals surface area contributed by atoms with Gasteiger partial charge in [-0.05, 0) is 50.6 Å². The van der Waals surface area contributed by atoms with E-state index in [4.69, 9.17) is 5.73 Å². The first-order chi connectivity index (χ1) is 10.0. The summed E-state index contributed by atoms with van der Waals surface area (Å²) in [4.78, 5) is 0.997. The molecule has 21 heavy (non-hydrogen) atoms. The number of benzene rings is 1. The van der Waals surface area contributed by atoms with Gasteiger partial charge in [-0.2, -0.15) is 0 Å². The fourth-order valence-electron chi connectivity index (χ4n) is 2.20. The Hall–Kier alpha value is -1.37. The molecule has 2 N–H and O–H groups in total. The first-order valence-corrected chi connectivity index (χ1v) is 9.13. The van der Waals surface area contributed by atoms with Crippen molar-refractivity contribution in [2.45, 2.75) is 24.5 Å². The van der Waals surface area contributed by atoms with Crippen molar-refractivity contribution < 1.29 is 8.42 Å². The number of thiophene rings is 1. The van der Waals surface area contributed by atoms with Gasteiger partial charge in [0.2, 0.25) is 0 Å². The first-order valence-electron chi connectivity index (χ1n) is 6.88. The van der Waals surface area contributed by atoms with E-state index in [2.05, 4.69) is 0 Å². The van der Waals surface area contributed by atoms with Crippen LogP contribution >= 0.6 is 11.3 Å². The van der Waals surface area contributed by atoms with Crippen LogP contribution in [-0.2, 0) is 16.4 Å². The van der Waals surface area contributed by atoms with E-state index in [1.165, 1.54) is 15.6 Å². The minimum absolute atomic E-state index is 0.371. The van der Waals surface area contributed by atoms with Crippen LogP contribution in [0.3, 0.4) is 0 Å². The Kier molecular flexibility index (Phi) is 5.03. The average Bonchev–Trinajstić information content (AvgIpc) is 2.91. The van der Waals surface area contributed by atoms with Crippen molar-refractivity contribution in [3.8, 4) is 0 Å². The summed E-state index contributed by atoms with van der Waals surface area (Å²) >= 11 is 1.30. The highest BCUT2D eigenvalue weighted by molar-refractivity contribution is 7.94. The monoisotopic (exact) mass is 324 g/mol. The number of hydrogen-bond acceptors (Lipinski definition) is 4. The molecule has 1 heterocycles. The predicted octanol–water partition coefficient (Wildman–Crippen LogP) is 2.77. The summed E-state index contributed by atoms with van der Waals surface area (Å²) in [6.07, 6.45) is 0.705. The number of hydrogen-bond donors (Lipinski definition) is 1. The van der Waals surface area contributed by atoms with Crippen LogP contribution in [0.5, 0.6) is 0 Å². The molecular formula is C15H20N2O2S2. The largest absolute Gasteiger partial charge is 0.330 e.